The van der Waals surface area contributed by atoms with E-state index in [2.05, 4.69) is 15.6 Å². The smallest absolute Gasteiger partial charge is 0.246 e. The summed E-state index contributed by atoms with van der Waals surface area (Å²) in [6.07, 6.45) is -1.04. The Morgan fingerprint density at radius 1 is 1.00 bits per heavy atom. The van der Waals surface area contributed by atoms with Gasteiger partial charge in [0.25, 0.3) is 0 Å². The lowest BCUT2D eigenvalue weighted by Gasteiger charge is -2.63. The molecule has 10 nitrogen and oxygen atoms in total. The van der Waals surface area contributed by atoms with Crippen LogP contribution in [0, 0.1) is 11.2 Å². The zero-order valence-corrected chi connectivity index (χ0v) is 32.0. The number of halogens is 5. The van der Waals surface area contributed by atoms with Crippen LogP contribution in [0.25, 0.3) is 0 Å². The zero-order valence-electron chi connectivity index (χ0n) is 30.5. The SMILES string of the molecule is NC(=O)[C@@H]1CC[C@@H](NC(=O)[C@H]2[C@H](c3ccnc(Cl)c3F)[C@]3(C(=O)Nc4cc(Cl)ccc43)C3(CC(CF)(CF)C3)N2[C@H](c2ccccc2)[C@@H](O)c2ccccc2)CO1. The van der Waals surface area contributed by atoms with Crippen molar-refractivity contribution in [1.82, 2.24) is 15.2 Å². The van der Waals surface area contributed by atoms with Gasteiger partial charge in [0.15, 0.2) is 11.0 Å². The number of carbonyl (C=O) groups excluding carboxylic acids is 3. The number of benzene rings is 3. The van der Waals surface area contributed by atoms with Gasteiger partial charge in [-0.3, -0.25) is 28.1 Å². The number of ether oxygens (including phenoxy) is 1. The first-order valence-electron chi connectivity index (χ1n) is 18.7. The Morgan fingerprint density at radius 2 is 1.67 bits per heavy atom. The van der Waals surface area contributed by atoms with Gasteiger partial charge in [0.05, 0.1) is 44.2 Å². The standard InChI is InChI=1S/C42H40Cl2F3N5O5/c43-25-11-13-28-29(17-25)51-39(56)42(28)31(27-15-16-49-36(44)32(27)47)34(38(55)50-26-12-14-30(37(48)54)57-18-26)52(41(42)19-40(20-41,21-45)22-46)33(23-7-3-1-4-8-23)35(53)24-9-5-2-6-10-24/h1-11,13,15-17,26,30-31,33-35,53H,12,14,18-22H2,(H2,48,54)(H,50,55)(H,51,56)/t26-,30+,31+,33-,34-,35+,42-/m1/s1. The molecule has 3 aromatic carbocycles. The molecule has 4 heterocycles. The van der Waals surface area contributed by atoms with Crippen LogP contribution >= 0.6 is 23.2 Å². The van der Waals surface area contributed by atoms with Crippen LogP contribution < -0.4 is 16.4 Å². The summed E-state index contributed by atoms with van der Waals surface area (Å²) in [5, 5.41) is 18.4. The van der Waals surface area contributed by atoms with Crippen LogP contribution in [0.2, 0.25) is 10.2 Å². The van der Waals surface area contributed by atoms with E-state index in [0.717, 1.165) is 0 Å². The maximum Gasteiger partial charge on any atom is 0.246 e. The molecule has 2 saturated heterocycles. The molecule has 15 heteroatoms. The first-order chi connectivity index (χ1) is 27.4. The van der Waals surface area contributed by atoms with Gasteiger partial charge in [0.1, 0.15) is 11.5 Å². The Balaban J connectivity index is 1.44. The van der Waals surface area contributed by atoms with Crippen LogP contribution in [0.1, 0.15) is 66.0 Å². The molecule has 1 aliphatic carbocycles. The van der Waals surface area contributed by atoms with Crippen molar-refractivity contribution in [2.75, 3.05) is 25.3 Å². The maximum absolute atomic E-state index is 16.9. The van der Waals surface area contributed by atoms with Crippen LogP contribution in [-0.4, -0.2) is 76.4 Å². The predicted molar refractivity (Wildman–Crippen MR) is 206 cm³/mol. The minimum Gasteiger partial charge on any atom is -0.386 e. The number of aromatic nitrogens is 1. The molecular formula is C42H40Cl2F3N5O5. The third-order valence-electron chi connectivity index (χ3n) is 12.5. The van der Waals surface area contributed by atoms with Gasteiger partial charge in [0, 0.05) is 33.8 Å². The molecule has 3 aliphatic heterocycles. The average Bonchev–Trinajstić information content (AvgIpc) is 3.64. The summed E-state index contributed by atoms with van der Waals surface area (Å²) in [5.41, 5.74) is 1.80. The third kappa shape index (κ3) is 6.12. The molecule has 4 aromatic rings. The van der Waals surface area contributed by atoms with Crippen molar-refractivity contribution in [2.24, 2.45) is 11.1 Å². The number of alkyl halides is 2. The monoisotopic (exact) mass is 821 g/mol. The molecule has 0 radical (unpaired) electrons. The molecule has 1 saturated carbocycles. The molecule has 3 fully saturated rings. The molecular weight excluding hydrogens is 782 g/mol. The summed E-state index contributed by atoms with van der Waals surface area (Å²) < 4.78 is 53.1. The first kappa shape index (κ1) is 39.3. The van der Waals surface area contributed by atoms with Crippen molar-refractivity contribution in [3.05, 3.63) is 129 Å². The lowest BCUT2D eigenvalue weighted by molar-refractivity contribution is -0.166. The Morgan fingerprint density at radius 3 is 2.28 bits per heavy atom. The largest absolute Gasteiger partial charge is 0.386 e. The van der Waals surface area contributed by atoms with Gasteiger partial charge in [-0.2, -0.15) is 0 Å². The van der Waals surface area contributed by atoms with Crippen LogP contribution in [0.3, 0.4) is 0 Å². The quantitative estimate of drug-likeness (QED) is 0.138. The zero-order chi connectivity index (χ0) is 40.3. The van der Waals surface area contributed by atoms with Gasteiger partial charge < -0.3 is 26.2 Å². The Labute approximate surface area is 336 Å². The fraction of sp³-hybridized carbons (Fsp3) is 0.381. The second kappa shape index (κ2) is 15.0. The van der Waals surface area contributed by atoms with Gasteiger partial charge >= 0.3 is 0 Å². The molecule has 5 N–H and O–H groups in total. The number of rotatable bonds is 10. The van der Waals surface area contributed by atoms with E-state index in [1.165, 1.54) is 12.3 Å². The summed E-state index contributed by atoms with van der Waals surface area (Å²) in [4.78, 5) is 48.4. The van der Waals surface area contributed by atoms with Gasteiger partial charge in [-0.1, -0.05) is 89.9 Å². The number of amides is 3. The van der Waals surface area contributed by atoms with E-state index in [-0.39, 0.29) is 42.1 Å². The summed E-state index contributed by atoms with van der Waals surface area (Å²) in [7, 11) is 0. The first-order valence-corrected chi connectivity index (χ1v) is 19.5. The Hall–Kier alpha value is -4.53. The van der Waals surface area contributed by atoms with E-state index in [9.17, 15) is 9.90 Å². The highest BCUT2D eigenvalue weighted by Gasteiger charge is 2.82. The number of fused-ring (bicyclic) bond motifs is 3. The van der Waals surface area contributed by atoms with E-state index in [4.69, 9.17) is 33.7 Å². The number of nitrogens with two attached hydrogens (primary N) is 1. The van der Waals surface area contributed by atoms with Crippen molar-refractivity contribution >= 4 is 46.6 Å². The van der Waals surface area contributed by atoms with E-state index in [1.54, 1.807) is 83.8 Å². The molecule has 8 rings (SSSR count). The van der Waals surface area contributed by atoms with E-state index < -0.39 is 94.7 Å². The molecule has 4 aliphatic rings. The Kier molecular flexibility index (Phi) is 10.3. The highest BCUT2D eigenvalue weighted by molar-refractivity contribution is 6.31. The minimum absolute atomic E-state index is 0.0775. The molecule has 3 amide bonds. The van der Waals surface area contributed by atoms with Crippen molar-refractivity contribution in [3.63, 3.8) is 0 Å². The van der Waals surface area contributed by atoms with Crippen molar-refractivity contribution in [2.45, 2.75) is 72.9 Å². The van der Waals surface area contributed by atoms with Crippen LogP contribution in [-0.2, 0) is 24.5 Å². The number of anilines is 1. The molecule has 0 unspecified atom stereocenters. The normalized spacial score (nSPS) is 27.0. The summed E-state index contributed by atoms with van der Waals surface area (Å²) in [6.45, 7) is -2.25. The van der Waals surface area contributed by atoms with Crippen LogP contribution in [0.4, 0.5) is 18.9 Å². The van der Waals surface area contributed by atoms with Crippen molar-refractivity contribution < 1.29 is 37.4 Å². The number of hydrogen-bond acceptors (Lipinski definition) is 7. The van der Waals surface area contributed by atoms with Crippen molar-refractivity contribution in [3.8, 4) is 0 Å². The number of nitrogens with one attached hydrogen (secondary N) is 2. The average molecular weight is 823 g/mol. The molecule has 7 atom stereocenters. The van der Waals surface area contributed by atoms with E-state index in [1.807, 2.05) is 0 Å². The second-order valence-corrected chi connectivity index (χ2v) is 16.5. The molecule has 57 heavy (non-hydrogen) atoms. The molecule has 298 valence electrons. The van der Waals surface area contributed by atoms with Crippen LogP contribution in [0.5, 0.6) is 0 Å². The lowest BCUT2D eigenvalue weighted by Crippen LogP contribution is -2.72. The number of nitrogens with zero attached hydrogens (tertiary/aromatic N) is 2. The van der Waals surface area contributed by atoms with E-state index in [0.29, 0.717) is 23.1 Å². The highest BCUT2D eigenvalue weighted by atomic mass is 35.5. The summed E-state index contributed by atoms with van der Waals surface area (Å²) in [5.74, 6) is -4.38. The number of pyridine rings is 1. The maximum atomic E-state index is 16.9. The molecule has 0 bridgehead atoms. The minimum atomic E-state index is -1.93. The van der Waals surface area contributed by atoms with Gasteiger partial charge in [0.2, 0.25) is 17.7 Å². The number of likely N-dealkylation sites (tertiary alicyclic amines) is 1. The van der Waals surface area contributed by atoms with Gasteiger partial charge in [-0.15, -0.1) is 0 Å². The number of primary amides is 1. The number of carbonyl (C=O) groups is 3. The predicted octanol–water partition coefficient (Wildman–Crippen LogP) is 6.27. The summed E-state index contributed by atoms with van der Waals surface area (Å²) in [6, 6.07) is 20.3. The van der Waals surface area contributed by atoms with Crippen LogP contribution in [0.15, 0.2) is 91.1 Å². The molecule has 2 spiro atoms. The van der Waals surface area contributed by atoms with Crippen molar-refractivity contribution in [1.29, 1.82) is 0 Å². The molecule has 1 aromatic heterocycles. The van der Waals surface area contributed by atoms with E-state index >= 15 is 22.8 Å². The van der Waals surface area contributed by atoms with Gasteiger partial charge in [-0.25, -0.2) is 9.37 Å². The number of aliphatic hydroxyl groups is 1. The third-order valence-corrected chi connectivity index (χ3v) is 13.0. The second-order valence-electron chi connectivity index (χ2n) is 15.7. The number of hydrogen-bond donors (Lipinski definition) is 4. The van der Waals surface area contributed by atoms with Gasteiger partial charge in [-0.05, 0) is 66.1 Å². The Bertz CT molecular complexity index is 2190. The summed E-state index contributed by atoms with van der Waals surface area (Å²) >= 11 is 12.9. The highest BCUT2D eigenvalue weighted by Crippen LogP contribution is 2.74. The fourth-order valence-corrected chi connectivity index (χ4v) is 10.6. The fourth-order valence-electron chi connectivity index (χ4n) is 10.3. The lowest BCUT2D eigenvalue weighted by atomic mass is 9.45. The topological polar surface area (TPSA) is 147 Å². The number of aliphatic hydroxyl groups excluding tert-OH is 1.